The van der Waals surface area contributed by atoms with Gasteiger partial charge in [-0.05, 0) is 62.9 Å². The summed E-state index contributed by atoms with van der Waals surface area (Å²) < 4.78 is 0. The van der Waals surface area contributed by atoms with Crippen LogP contribution in [-0.4, -0.2) is 24.0 Å². The molecule has 1 atom stereocenters. The number of amides is 1. The highest BCUT2D eigenvalue weighted by Crippen LogP contribution is 2.38. The van der Waals surface area contributed by atoms with Crippen LogP contribution in [0.5, 0.6) is 0 Å². The molecule has 1 spiro atoms. The van der Waals surface area contributed by atoms with E-state index in [9.17, 15) is 4.79 Å². The molecule has 1 aromatic rings. The van der Waals surface area contributed by atoms with Crippen LogP contribution in [0.15, 0.2) is 24.3 Å². The Balaban J connectivity index is 1.61. The lowest BCUT2D eigenvalue weighted by atomic mass is 9.70. The summed E-state index contributed by atoms with van der Waals surface area (Å²) in [5.41, 5.74) is 1.50. The second-order valence-corrected chi connectivity index (χ2v) is 5.91. The third kappa shape index (κ3) is 2.54. The number of carbonyl (C=O) groups excluding carboxylic acids is 1. The van der Waals surface area contributed by atoms with Crippen molar-refractivity contribution in [1.29, 1.82) is 5.26 Å². The van der Waals surface area contributed by atoms with E-state index >= 15 is 0 Å². The number of piperidine rings is 1. The molecule has 0 bridgehead atoms. The number of carbonyl (C=O) groups is 1. The molecular formula is C16H19N3O. The SMILES string of the molecule is N#Cc1ccc(C(=O)NC2CCNC3(CCC3)C2)cc1. The molecule has 20 heavy (non-hydrogen) atoms. The summed E-state index contributed by atoms with van der Waals surface area (Å²) in [4.78, 5) is 12.2. The van der Waals surface area contributed by atoms with Crippen LogP contribution in [0.1, 0.15) is 48.0 Å². The molecule has 1 aromatic carbocycles. The van der Waals surface area contributed by atoms with Gasteiger partial charge in [0.1, 0.15) is 0 Å². The molecule has 104 valence electrons. The van der Waals surface area contributed by atoms with Crippen LogP contribution in [0, 0.1) is 11.3 Å². The molecule has 0 radical (unpaired) electrons. The van der Waals surface area contributed by atoms with Crippen LogP contribution in [-0.2, 0) is 0 Å². The fourth-order valence-corrected chi connectivity index (χ4v) is 3.23. The molecule has 1 aliphatic heterocycles. The van der Waals surface area contributed by atoms with Crippen molar-refractivity contribution in [1.82, 2.24) is 10.6 Å². The Morgan fingerprint density at radius 2 is 2.10 bits per heavy atom. The number of rotatable bonds is 2. The van der Waals surface area contributed by atoms with Crippen molar-refractivity contribution in [3.05, 3.63) is 35.4 Å². The van der Waals surface area contributed by atoms with Crippen molar-refractivity contribution in [2.45, 2.75) is 43.7 Å². The van der Waals surface area contributed by atoms with Crippen LogP contribution < -0.4 is 10.6 Å². The number of hydrogen-bond donors (Lipinski definition) is 2. The summed E-state index contributed by atoms with van der Waals surface area (Å²) in [6.45, 7) is 0.984. The molecule has 1 amide bonds. The minimum absolute atomic E-state index is 0.0316. The summed E-state index contributed by atoms with van der Waals surface area (Å²) in [5.74, 6) is -0.0316. The average Bonchev–Trinajstić information content (AvgIpc) is 2.46. The van der Waals surface area contributed by atoms with Crippen LogP contribution in [0.3, 0.4) is 0 Å². The monoisotopic (exact) mass is 269 g/mol. The standard InChI is InChI=1S/C16H19N3O/c17-11-12-2-4-13(5-3-12)15(20)19-14-6-9-18-16(10-14)7-1-8-16/h2-5,14,18H,1,6-10H2,(H,19,20). The molecule has 4 heteroatoms. The first-order valence-electron chi connectivity index (χ1n) is 7.27. The molecule has 2 N–H and O–H groups in total. The zero-order valence-corrected chi connectivity index (χ0v) is 11.5. The van der Waals surface area contributed by atoms with E-state index in [1.54, 1.807) is 24.3 Å². The van der Waals surface area contributed by atoms with E-state index in [-0.39, 0.29) is 11.9 Å². The number of hydrogen-bond acceptors (Lipinski definition) is 3. The quantitative estimate of drug-likeness (QED) is 0.862. The lowest BCUT2D eigenvalue weighted by Crippen LogP contribution is -2.59. The number of nitrogens with one attached hydrogen (secondary N) is 2. The lowest BCUT2D eigenvalue weighted by Gasteiger charge is -2.48. The third-order valence-corrected chi connectivity index (χ3v) is 4.55. The van der Waals surface area contributed by atoms with Gasteiger partial charge in [-0.3, -0.25) is 4.79 Å². The Kier molecular flexibility index (Phi) is 3.45. The molecule has 2 fully saturated rings. The zero-order chi connectivity index (χ0) is 14.0. The van der Waals surface area contributed by atoms with Gasteiger partial charge in [0.25, 0.3) is 5.91 Å². The smallest absolute Gasteiger partial charge is 0.251 e. The highest BCUT2D eigenvalue weighted by molar-refractivity contribution is 5.94. The molecule has 2 aliphatic rings. The van der Waals surface area contributed by atoms with Gasteiger partial charge in [0.15, 0.2) is 0 Å². The van der Waals surface area contributed by atoms with Crippen molar-refractivity contribution in [3.8, 4) is 6.07 Å². The molecule has 3 rings (SSSR count). The summed E-state index contributed by atoms with van der Waals surface area (Å²) >= 11 is 0. The number of nitriles is 1. The maximum atomic E-state index is 12.2. The highest BCUT2D eigenvalue weighted by Gasteiger charge is 2.41. The van der Waals surface area contributed by atoms with Gasteiger partial charge < -0.3 is 10.6 Å². The summed E-state index contributed by atoms with van der Waals surface area (Å²) in [6, 6.07) is 9.13. The zero-order valence-electron chi connectivity index (χ0n) is 11.5. The van der Waals surface area contributed by atoms with Crippen molar-refractivity contribution < 1.29 is 4.79 Å². The fraction of sp³-hybridized carbons (Fsp3) is 0.500. The second kappa shape index (κ2) is 5.26. The Labute approximate surface area is 119 Å². The van der Waals surface area contributed by atoms with Gasteiger partial charge in [-0.25, -0.2) is 0 Å². The predicted molar refractivity (Wildman–Crippen MR) is 76.2 cm³/mol. The normalized spacial score (nSPS) is 23.6. The van der Waals surface area contributed by atoms with Gasteiger partial charge in [0, 0.05) is 17.1 Å². The van der Waals surface area contributed by atoms with Gasteiger partial charge in [-0.1, -0.05) is 0 Å². The van der Waals surface area contributed by atoms with E-state index in [0.717, 1.165) is 19.4 Å². The Bertz CT molecular complexity index is 540. The first kappa shape index (κ1) is 13.1. The molecule has 4 nitrogen and oxygen atoms in total. The predicted octanol–water partition coefficient (Wildman–Crippen LogP) is 1.96. The summed E-state index contributed by atoms with van der Waals surface area (Å²) in [6.07, 6.45) is 5.79. The Morgan fingerprint density at radius 1 is 1.35 bits per heavy atom. The van der Waals surface area contributed by atoms with E-state index in [4.69, 9.17) is 5.26 Å². The molecule has 1 saturated heterocycles. The van der Waals surface area contributed by atoms with Gasteiger partial charge in [-0.15, -0.1) is 0 Å². The van der Waals surface area contributed by atoms with Crippen molar-refractivity contribution >= 4 is 5.91 Å². The van der Waals surface area contributed by atoms with E-state index in [0.29, 0.717) is 16.7 Å². The van der Waals surface area contributed by atoms with Crippen LogP contribution in [0.25, 0.3) is 0 Å². The second-order valence-electron chi connectivity index (χ2n) is 5.91. The molecule has 0 aromatic heterocycles. The van der Waals surface area contributed by atoms with Crippen LogP contribution >= 0.6 is 0 Å². The fourth-order valence-electron chi connectivity index (χ4n) is 3.23. The average molecular weight is 269 g/mol. The highest BCUT2D eigenvalue weighted by atomic mass is 16.1. The maximum absolute atomic E-state index is 12.2. The molecule has 1 saturated carbocycles. The summed E-state index contributed by atoms with van der Waals surface area (Å²) in [5, 5.41) is 15.5. The maximum Gasteiger partial charge on any atom is 0.251 e. The van der Waals surface area contributed by atoms with E-state index in [1.807, 2.05) is 0 Å². The third-order valence-electron chi connectivity index (χ3n) is 4.55. The van der Waals surface area contributed by atoms with Gasteiger partial charge >= 0.3 is 0 Å². The van der Waals surface area contributed by atoms with Crippen LogP contribution in [0.2, 0.25) is 0 Å². The number of benzene rings is 1. The molecule has 1 heterocycles. The lowest BCUT2D eigenvalue weighted by molar-refractivity contribution is 0.0853. The minimum atomic E-state index is -0.0316. The first-order valence-corrected chi connectivity index (χ1v) is 7.27. The van der Waals surface area contributed by atoms with Gasteiger partial charge in [0.05, 0.1) is 11.6 Å². The van der Waals surface area contributed by atoms with Crippen molar-refractivity contribution in [3.63, 3.8) is 0 Å². The molecule has 1 unspecified atom stereocenters. The van der Waals surface area contributed by atoms with Gasteiger partial charge in [0.2, 0.25) is 0 Å². The Morgan fingerprint density at radius 3 is 2.70 bits per heavy atom. The van der Waals surface area contributed by atoms with Crippen molar-refractivity contribution in [2.75, 3.05) is 6.54 Å². The topological polar surface area (TPSA) is 64.9 Å². The molecule has 1 aliphatic carbocycles. The first-order chi connectivity index (χ1) is 9.71. The van der Waals surface area contributed by atoms with Crippen LogP contribution in [0.4, 0.5) is 0 Å². The van der Waals surface area contributed by atoms with E-state index < -0.39 is 0 Å². The molecular weight excluding hydrogens is 250 g/mol. The van der Waals surface area contributed by atoms with Crippen molar-refractivity contribution in [2.24, 2.45) is 0 Å². The van der Waals surface area contributed by atoms with E-state index in [1.165, 1.54) is 19.3 Å². The summed E-state index contributed by atoms with van der Waals surface area (Å²) in [7, 11) is 0. The largest absolute Gasteiger partial charge is 0.349 e. The number of nitrogens with zero attached hydrogens (tertiary/aromatic N) is 1. The minimum Gasteiger partial charge on any atom is -0.349 e. The Hall–Kier alpha value is -1.86. The van der Waals surface area contributed by atoms with E-state index in [2.05, 4.69) is 16.7 Å². The van der Waals surface area contributed by atoms with Gasteiger partial charge in [-0.2, -0.15) is 5.26 Å².